The summed E-state index contributed by atoms with van der Waals surface area (Å²) in [6.45, 7) is 2.11. The van der Waals surface area contributed by atoms with Gasteiger partial charge in [-0.15, -0.1) is 0 Å². The highest BCUT2D eigenvalue weighted by Gasteiger charge is 2.01. The van der Waals surface area contributed by atoms with Gasteiger partial charge in [0, 0.05) is 12.8 Å². The quantitative estimate of drug-likeness (QED) is 0.405. The lowest BCUT2D eigenvalue weighted by atomic mass is 10.4. The SMILES string of the molecule is COCC(C)O/C(N)=C/C=C(\N)CO. The van der Waals surface area contributed by atoms with Gasteiger partial charge in [0.1, 0.15) is 6.10 Å². The Morgan fingerprint density at radius 1 is 1.43 bits per heavy atom. The summed E-state index contributed by atoms with van der Waals surface area (Å²) >= 11 is 0. The van der Waals surface area contributed by atoms with Crippen LogP contribution in [0.5, 0.6) is 0 Å². The van der Waals surface area contributed by atoms with Crippen LogP contribution in [0.15, 0.2) is 23.7 Å². The molecule has 0 fully saturated rings. The minimum absolute atomic E-state index is 0.111. The second-order valence-electron chi connectivity index (χ2n) is 2.85. The zero-order valence-electron chi connectivity index (χ0n) is 8.56. The summed E-state index contributed by atoms with van der Waals surface area (Å²) < 4.78 is 10.1. The molecule has 0 aromatic carbocycles. The molecule has 0 spiro atoms. The number of aliphatic hydroxyl groups excluding tert-OH is 1. The molecule has 82 valence electrons. The molecule has 0 heterocycles. The standard InChI is InChI=1S/C9H18N2O3/c1-7(6-13-2)14-9(11)4-3-8(10)5-12/h3-4,7,12H,5-6,10-11H2,1-2H3/b8-3-,9-4+. The second-order valence-corrected chi connectivity index (χ2v) is 2.85. The van der Waals surface area contributed by atoms with Gasteiger partial charge in [-0.2, -0.15) is 0 Å². The van der Waals surface area contributed by atoms with Crippen LogP contribution in [0.2, 0.25) is 0 Å². The molecule has 5 nitrogen and oxygen atoms in total. The summed E-state index contributed by atoms with van der Waals surface area (Å²) in [5, 5.41) is 8.59. The molecule has 0 bridgehead atoms. The van der Waals surface area contributed by atoms with Gasteiger partial charge < -0.3 is 26.0 Å². The van der Waals surface area contributed by atoms with Crippen molar-refractivity contribution in [1.82, 2.24) is 0 Å². The first-order chi connectivity index (χ1) is 6.60. The zero-order chi connectivity index (χ0) is 11.0. The van der Waals surface area contributed by atoms with Crippen molar-refractivity contribution in [2.24, 2.45) is 11.5 Å². The van der Waals surface area contributed by atoms with Crippen molar-refractivity contribution in [2.75, 3.05) is 20.3 Å². The first-order valence-electron chi connectivity index (χ1n) is 4.28. The lowest BCUT2D eigenvalue weighted by Gasteiger charge is -2.12. The summed E-state index contributed by atoms with van der Waals surface area (Å²) in [4.78, 5) is 0. The van der Waals surface area contributed by atoms with Gasteiger partial charge >= 0.3 is 0 Å². The molecule has 1 unspecified atom stereocenters. The van der Waals surface area contributed by atoms with E-state index in [1.54, 1.807) is 7.11 Å². The molecule has 14 heavy (non-hydrogen) atoms. The van der Waals surface area contributed by atoms with Crippen LogP contribution >= 0.6 is 0 Å². The Hall–Kier alpha value is -1.20. The predicted octanol–water partition coefficient (Wildman–Crippen LogP) is -0.327. The van der Waals surface area contributed by atoms with Gasteiger partial charge in [-0.05, 0) is 19.1 Å². The molecule has 5 N–H and O–H groups in total. The van der Waals surface area contributed by atoms with E-state index in [0.29, 0.717) is 12.3 Å². The molecule has 5 heteroatoms. The Morgan fingerprint density at radius 3 is 2.57 bits per heavy atom. The average molecular weight is 202 g/mol. The fraction of sp³-hybridized carbons (Fsp3) is 0.556. The van der Waals surface area contributed by atoms with Crippen molar-refractivity contribution < 1.29 is 14.6 Å². The monoisotopic (exact) mass is 202 g/mol. The van der Waals surface area contributed by atoms with Gasteiger partial charge in [-0.25, -0.2) is 0 Å². The Bertz CT molecular complexity index is 214. The molecule has 1 atom stereocenters. The summed E-state index contributed by atoms with van der Waals surface area (Å²) in [5.74, 6) is 0.242. The number of ether oxygens (including phenoxy) is 2. The molecule has 0 rings (SSSR count). The van der Waals surface area contributed by atoms with Crippen LogP contribution in [0.4, 0.5) is 0 Å². The molecule has 0 saturated carbocycles. The van der Waals surface area contributed by atoms with Crippen LogP contribution in [0.25, 0.3) is 0 Å². The van der Waals surface area contributed by atoms with Crippen molar-refractivity contribution in [3.8, 4) is 0 Å². The summed E-state index contributed by atoms with van der Waals surface area (Å²) in [6, 6.07) is 0. The Labute approximate surface area is 84.0 Å². The number of nitrogens with two attached hydrogens (primary N) is 2. The fourth-order valence-electron chi connectivity index (χ4n) is 0.782. The second kappa shape index (κ2) is 7.23. The Morgan fingerprint density at radius 2 is 2.07 bits per heavy atom. The van der Waals surface area contributed by atoms with Crippen molar-refractivity contribution in [2.45, 2.75) is 13.0 Å². The van der Waals surface area contributed by atoms with Crippen molar-refractivity contribution in [3.63, 3.8) is 0 Å². The van der Waals surface area contributed by atoms with E-state index in [2.05, 4.69) is 0 Å². The van der Waals surface area contributed by atoms with Crippen LogP contribution < -0.4 is 11.5 Å². The molecule has 0 aliphatic carbocycles. The van der Waals surface area contributed by atoms with Crippen LogP contribution in [-0.4, -0.2) is 31.5 Å². The van der Waals surface area contributed by atoms with Crippen LogP contribution in [0.3, 0.4) is 0 Å². The number of aliphatic hydroxyl groups is 1. The molecule has 0 aromatic heterocycles. The number of methoxy groups -OCH3 is 1. The molecular formula is C9H18N2O3. The summed E-state index contributed by atoms with van der Waals surface area (Å²) in [7, 11) is 1.59. The van der Waals surface area contributed by atoms with E-state index in [-0.39, 0.29) is 18.6 Å². The first-order valence-corrected chi connectivity index (χ1v) is 4.28. The molecule has 0 saturated heterocycles. The van der Waals surface area contributed by atoms with Crippen LogP contribution in [-0.2, 0) is 9.47 Å². The van der Waals surface area contributed by atoms with E-state index in [4.69, 9.17) is 26.0 Å². The Kier molecular flexibility index (Phi) is 6.61. The van der Waals surface area contributed by atoms with Gasteiger partial charge in [-0.3, -0.25) is 0 Å². The fourth-order valence-corrected chi connectivity index (χ4v) is 0.782. The number of allylic oxidation sites excluding steroid dienone is 2. The van der Waals surface area contributed by atoms with E-state index < -0.39 is 0 Å². The highest BCUT2D eigenvalue weighted by Crippen LogP contribution is 1.98. The maximum atomic E-state index is 8.59. The summed E-state index contributed by atoms with van der Waals surface area (Å²) in [6.07, 6.45) is 2.88. The minimum atomic E-state index is -0.197. The number of hydrogen-bond acceptors (Lipinski definition) is 5. The molecule has 0 radical (unpaired) electrons. The van der Waals surface area contributed by atoms with Gasteiger partial charge in [0.2, 0.25) is 0 Å². The van der Waals surface area contributed by atoms with Crippen molar-refractivity contribution in [1.29, 1.82) is 0 Å². The van der Waals surface area contributed by atoms with Gasteiger partial charge in [0.05, 0.1) is 13.2 Å². The predicted molar refractivity (Wildman–Crippen MR) is 54.0 cm³/mol. The number of hydrogen-bond donors (Lipinski definition) is 3. The molecular weight excluding hydrogens is 184 g/mol. The maximum Gasteiger partial charge on any atom is 0.184 e. The zero-order valence-corrected chi connectivity index (χ0v) is 8.56. The third kappa shape index (κ3) is 6.33. The molecule has 0 amide bonds. The highest BCUT2D eigenvalue weighted by molar-refractivity contribution is 5.11. The molecule has 0 aromatic rings. The van der Waals surface area contributed by atoms with E-state index in [1.807, 2.05) is 6.92 Å². The van der Waals surface area contributed by atoms with Crippen molar-refractivity contribution >= 4 is 0 Å². The Balaban J connectivity index is 4.00. The first kappa shape index (κ1) is 12.8. The smallest absolute Gasteiger partial charge is 0.184 e. The lowest BCUT2D eigenvalue weighted by molar-refractivity contribution is 0.0473. The number of rotatable bonds is 6. The minimum Gasteiger partial charge on any atom is -0.474 e. The third-order valence-corrected chi connectivity index (χ3v) is 1.38. The van der Waals surface area contributed by atoms with E-state index in [1.165, 1.54) is 12.2 Å². The van der Waals surface area contributed by atoms with Gasteiger partial charge in [-0.1, -0.05) is 0 Å². The highest BCUT2D eigenvalue weighted by atomic mass is 16.5. The van der Waals surface area contributed by atoms with Gasteiger partial charge in [0.15, 0.2) is 5.88 Å². The lowest BCUT2D eigenvalue weighted by Crippen LogP contribution is -2.17. The molecule has 0 aliphatic rings. The van der Waals surface area contributed by atoms with Crippen LogP contribution in [0, 0.1) is 0 Å². The molecule has 0 aliphatic heterocycles. The topological polar surface area (TPSA) is 90.7 Å². The van der Waals surface area contributed by atoms with Gasteiger partial charge in [0.25, 0.3) is 0 Å². The third-order valence-electron chi connectivity index (χ3n) is 1.38. The largest absolute Gasteiger partial charge is 0.474 e. The van der Waals surface area contributed by atoms with Crippen molar-refractivity contribution in [3.05, 3.63) is 23.7 Å². The van der Waals surface area contributed by atoms with E-state index >= 15 is 0 Å². The van der Waals surface area contributed by atoms with Crippen LogP contribution in [0.1, 0.15) is 6.92 Å². The average Bonchev–Trinajstić information content (AvgIpc) is 2.14. The summed E-state index contributed by atoms with van der Waals surface area (Å²) in [5.41, 5.74) is 11.2. The van der Waals surface area contributed by atoms with E-state index in [9.17, 15) is 0 Å². The normalized spacial score (nSPS) is 15.4. The van der Waals surface area contributed by atoms with E-state index in [0.717, 1.165) is 0 Å². The maximum absolute atomic E-state index is 8.59.